The maximum atomic E-state index is 2.78. The lowest BCUT2D eigenvalue weighted by Gasteiger charge is -2.59. The minimum Gasteiger partial charge on any atom is -0.0588 e. The highest BCUT2D eigenvalue weighted by atomic mass is 14.7. The second-order valence-corrected chi connectivity index (χ2v) is 10.6. The van der Waals surface area contributed by atoms with Crippen LogP contribution >= 0.6 is 0 Å². The Kier molecular flexibility index (Phi) is 3.65. The van der Waals surface area contributed by atoms with Gasteiger partial charge in [-0.15, -0.1) is 0 Å². The van der Waals surface area contributed by atoms with Gasteiger partial charge in [0, 0.05) is 0 Å². The van der Waals surface area contributed by atoms with E-state index in [1.807, 2.05) is 0 Å². The summed E-state index contributed by atoms with van der Waals surface area (Å²) in [6, 6.07) is 0. The minimum absolute atomic E-state index is 0.732. The van der Waals surface area contributed by atoms with Crippen molar-refractivity contribution in [2.24, 2.45) is 40.4 Å². The molecule has 5 rings (SSSR count). The van der Waals surface area contributed by atoms with Gasteiger partial charge in [0.05, 0.1) is 0 Å². The first-order valence-corrected chi connectivity index (χ1v) is 11.2. The second kappa shape index (κ2) is 5.50. The van der Waals surface area contributed by atoms with Gasteiger partial charge in [-0.25, -0.2) is 0 Å². The predicted octanol–water partition coefficient (Wildman–Crippen LogP) is 6.98. The summed E-state index contributed by atoms with van der Waals surface area (Å²) in [5.41, 5.74) is 1.51. The number of rotatable bonds is 0. The molecule has 0 aromatic heterocycles. The van der Waals surface area contributed by atoms with Gasteiger partial charge in [0.2, 0.25) is 0 Å². The van der Waals surface area contributed by atoms with E-state index in [9.17, 15) is 0 Å². The molecule has 6 unspecified atom stereocenters. The highest BCUT2D eigenvalue weighted by Crippen LogP contribution is 2.71. The van der Waals surface area contributed by atoms with Crippen molar-refractivity contribution in [1.82, 2.24) is 0 Å². The van der Waals surface area contributed by atoms with Crippen molar-refractivity contribution in [3.8, 4) is 0 Å². The largest absolute Gasteiger partial charge is 0.0588 e. The third kappa shape index (κ3) is 2.08. The minimum atomic E-state index is 0.732. The number of fused-ring (bicyclic) bond motifs is 6. The van der Waals surface area contributed by atoms with E-state index < -0.39 is 0 Å². The van der Waals surface area contributed by atoms with Gasteiger partial charge in [-0.2, -0.15) is 0 Å². The molecular formula is C23H38. The normalized spacial score (nSPS) is 51.8. The van der Waals surface area contributed by atoms with Crippen LogP contribution in [0.5, 0.6) is 0 Å². The van der Waals surface area contributed by atoms with Crippen molar-refractivity contribution in [3.63, 3.8) is 0 Å². The molecule has 5 fully saturated rings. The molecule has 0 amide bonds. The number of hydrogen-bond donors (Lipinski definition) is 0. The van der Waals surface area contributed by atoms with Crippen LogP contribution in [0.2, 0.25) is 0 Å². The molecule has 0 nitrogen and oxygen atoms in total. The molecule has 0 aromatic rings. The van der Waals surface area contributed by atoms with Crippen LogP contribution in [-0.2, 0) is 0 Å². The molecule has 130 valence electrons. The van der Waals surface area contributed by atoms with E-state index in [-0.39, 0.29) is 0 Å². The zero-order valence-electron chi connectivity index (χ0n) is 15.5. The van der Waals surface area contributed by atoms with Crippen LogP contribution in [0.25, 0.3) is 0 Å². The summed E-state index contributed by atoms with van der Waals surface area (Å²) in [5.74, 6) is 5.68. The van der Waals surface area contributed by atoms with Gasteiger partial charge in [0.15, 0.2) is 0 Å². The van der Waals surface area contributed by atoms with E-state index in [4.69, 9.17) is 0 Å². The highest BCUT2D eigenvalue weighted by molar-refractivity contribution is 5.11. The molecule has 5 aliphatic carbocycles. The molecule has 5 saturated carbocycles. The lowest BCUT2D eigenvalue weighted by molar-refractivity contribution is -0.0966. The zero-order valence-corrected chi connectivity index (χ0v) is 15.5. The Morgan fingerprint density at radius 3 is 2.26 bits per heavy atom. The van der Waals surface area contributed by atoms with Gasteiger partial charge in [-0.1, -0.05) is 45.4 Å². The average Bonchev–Trinajstić information content (AvgIpc) is 2.88. The Balaban J connectivity index is 1.42. The van der Waals surface area contributed by atoms with Crippen LogP contribution < -0.4 is 0 Å². The Hall–Kier alpha value is 0. The van der Waals surface area contributed by atoms with Gasteiger partial charge >= 0.3 is 0 Å². The molecule has 0 bridgehead atoms. The molecule has 0 heteroatoms. The van der Waals surface area contributed by atoms with E-state index in [1.54, 1.807) is 89.9 Å². The van der Waals surface area contributed by atoms with E-state index in [0.29, 0.717) is 0 Å². The lowest BCUT2D eigenvalue weighted by atomic mass is 9.46. The fraction of sp³-hybridized carbons (Fsp3) is 1.00. The summed E-state index contributed by atoms with van der Waals surface area (Å²) in [7, 11) is 0. The van der Waals surface area contributed by atoms with Crippen molar-refractivity contribution in [2.45, 2.75) is 103 Å². The summed E-state index contributed by atoms with van der Waals surface area (Å²) < 4.78 is 0. The molecule has 23 heavy (non-hydrogen) atoms. The first-order chi connectivity index (χ1) is 11.2. The molecule has 5 aliphatic rings. The van der Waals surface area contributed by atoms with Gasteiger partial charge in [0.1, 0.15) is 0 Å². The van der Waals surface area contributed by atoms with Crippen LogP contribution in [0.4, 0.5) is 0 Å². The topological polar surface area (TPSA) is 0 Å². The van der Waals surface area contributed by atoms with Crippen molar-refractivity contribution in [3.05, 3.63) is 0 Å². The fourth-order valence-corrected chi connectivity index (χ4v) is 9.11. The van der Waals surface area contributed by atoms with Crippen LogP contribution in [-0.4, -0.2) is 0 Å². The lowest BCUT2D eigenvalue weighted by Crippen LogP contribution is -2.51. The molecular weight excluding hydrogens is 276 g/mol. The van der Waals surface area contributed by atoms with E-state index >= 15 is 0 Å². The molecule has 0 radical (unpaired) electrons. The average molecular weight is 315 g/mol. The number of hydrogen-bond acceptors (Lipinski definition) is 0. The summed E-state index contributed by atoms with van der Waals surface area (Å²) in [5, 5.41) is 0. The molecule has 0 N–H and O–H groups in total. The summed E-state index contributed by atoms with van der Waals surface area (Å²) >= 11 is 0. The van der Waals surface area contributed by atoms with Crippen molar-refractivity contribution < 1.29 is 0 Å². The second-order valence-electron chi connectivity index (χ2n) is 10.6. The Morgan fingerprint density at radius 2 is 1.39 bits per heavy atom. The molecule has 0 aliphatic heterocycles. The molecule has 1 spiro atoms. The smallest absolute Gasteiger partial charge is 0.0238 e. The van der Waals surface area contributed by atoms with Crippen molar-refractivity contribution >= 4 is 0 Å². The highest BCUT2D eigenvalue weighted by Gasteiger charge is 2.62. The van der Waals surface area contributed by atoms with Crippen LogP contribution in [0.3, 0.4) is 0 Å². The van der Waals surface area contributed by atoms with Crippen molar-refractivity contribution in [2.75, 3.05) is 0 Å². The quantitative estimate of drug-likeness (QED) is 0.452. The maximum absolute atomic E-state index is 2.78. The van der Waals surface area contributed by atoms with Crippen LogP contribution in [0, 0.1) is 40.4 Å². The Bertz CT molecular complexity index is 445. The Morgan fingerprint density at radius 1 is 0.565 bits per heavy atom. The Labute approximate surface area is 144 Å². The summed E-state index contributed by atoms with van der Waals surface area (Å²) in [6.45, 7) is 2.78. The monoisotopic (exact) mass is 314 g/mol. The molecule has 0 aromatic carbocycles. The first kappa shape index (κ1) is 15.3. The summed E-state index contributed by atoms with van der Waals surface area (Å²) in [6.07, 6.45) is 23.7. The van der Waals surface area contributed by atoms with Gasteiger partial charge in [-0.3, -0.25) is 0 Å². The van der Waals surface area contributed by atoms with Gasteiger partial charge in [-0.05, 0) is 98.2 Å². The molecule has 0 saturated heterocycles. The molecule has 0 heterocycles. The first-order valence-electron chi connectivity index (χ1n) is 11.2. The fourth-order valence-electron chi connectivity index (χ4n) is 9.11. The van der Waals surface area contributed by atoms with E-state index in [1.165, 1.54) is 6.42 Å². The SMILES string of the molecule is CC12CCC3C4CCCCC4CCC3C1CCC21CCCCC1. The standard InChI is InChI=1S/C23H38/c1-22-15-11-19-18-8-4-3-7-17(18)9-10-20(19)21(22)12-16-23(22)13-5-2-6-14-23/h17-21H,2-16H2,1H3. The van der Waals surface area contributed by atoms with E-state index in [0.717, 1.165) is 40.4 Å². The van der Waals surface area contributed by atoms with Gasteiger partial charge in [0.25, 0.3) is 0 Å². The predicted molar refractivity (Wildman–Crippen MR) is 97.2 cm³/mol. The third-order valence-corrected chi connectivity index (χ3v) is 10.2. The summed E-state index contributed by atoms with van der Waals surface area (Å²) in [4.78, 5) is 0. The molecule has 6 atom stereocenters. The maximum Gasteiger partial charge on any atom is -0.0238 e. The van der Waals surface area contributed by atoms with E-state index in [2.05, 4.69) is 6.92 Å². The van der Waals surface area contributed by atoms with Gasteiger partial charge < -0.3 is 0 Å². The zero-order chi connectivity index (χ0) is 15.5. The third-order valence-electron chi connectivity index (χ3n) is 10.2. The van der Waals surface area contributed by atoms with Crippen LogP contribution in [0.1, 0.15) is 103 Å². The van der Waals surface area contributed by atoms with Crippen molar-refractivity contribution in [1.29, 1.82) is 0 Å². The van der Waals surface area contributed by atoms with Crippen LogP contribution in [0.15, 0.2) is 0 Å².